The van der Waals surface area contributed by atoms with Gasteiger partial charge in [0, 0.05) is 31.0 Å². The summed E-state index contributed by atoms with van der Waals surface area (Å²) < 4.78 is 6.61. The highest BCUT2D eigenvalue weighted by molar-refractivity contribution is 9.09. The van der Waals surface area contributed by atoms with Gasteiger partial charge in [-0.2, -0.15) is 0 Å². The monoisotopic (exact) mass is 567 g/mol. The minimum absolute atomic E-state index is 0.134. The number of hydrogen-bond donors (Lipinski definition) is 1. The van der Waals surface area contributed by atoms with Crippen molar-refractivity contribution in [2.24, 2.45) is 11.8 Å². The number of rotatable bonds is 14. The Hall–Kier alpha value is -1.71. The van der Waals surface area contributed by atoms with E-state index in [1.54, 1.807) is 26.9 Å². The highest BCUT2D eigenvalue weighted by Gasteiger charge is 2.77. The number of aliphatic hydroxyl groups is 1. The highest BCUT2D eigenvalue weighted by atomic mass is 79.9. The molecule has 2 bridgehead atoms. The van der Waals surface area contributed by atoms with E-state index in [9.17, 15) is 19.5 Å². The van der Waals surface area contributed by atoms with Crippen LogP contribution in [0.5, 0.6) is 0 Å². The number of carbonyl (C=O) groups is 3. The number of fused-ring (bicyclic) bond motifs is 1. The lowest BCUT2D eigenvalue weighted by Gasteiger charge is -2.39. The Balaban J connectivity index is 2.10. The molecule has 1 spiro atoms. The second-order valence-electron chi connectivity index (χ2n) is 10.2. The van der Waals surface area contributed by atoms with E-state index in [-0.39, 0.29) is 29.2 Å². The number of ether oxygens (including phenoxy) is 1. The summed E-state index contributed by atoms with van der Waals surface area (Å²) in [4.78, 5) is 47.0. The fourth-order valence-electron chi connectivity index (χ4n) is 6.33. The van der Waals surface area contributed by atoms with Crippen LogP contribution in [-0.4, -0.2) is 98.9 Å². The fourth-order valence-corrected chi connectivity index (χ4v) is 7.28. The van der Waals surface area contributed by atoms with Gasteiger partial charge in [-0.05, 0) is 25.7 Å². The third-order valence-corrected chi connectivity index (χ3v) is 8.76. The Morgan fingerprint density at radius 3 is 2.33 bits per heavy atom. The minimum Gasteiger partial charge on any atom is -0.394 e. The first-order chi connectivity index (χ1) is 17.3. The number of unbranched alkanes of at least 4 members (excludes halogenated alkanes) is 1. The van der Waals surface area contributed by atoms with Crippen molar-refractivity contribution >= 4 is 33.7 Å². The van der Waals surface area contributed by atoms with E-state index in [1.165, 1.54) is 0 Å². The first-order valence-electron chi connectivity index (χ1n) is 13.3. The van der Waals surface area contributed by atoms with E-state index in [1.807, 2.05) is 13.8 Å². The first kappa shape index (κ1) is 28.9. The molecule has 3 amide bonds. The largest absolute Gasteiger partial charge is 0.394 e. The highest BCUT2D eigenvalue weighted by Crippen LogP contribution is 2.60. The zero-order chi connectivity index (χ0) is 26.6. The summed E-state index contributed by atoms with van der Waals surface area (Å²) in [6.45, 7) is 15.2. The van der Waals surface area contributed by atoms with Crippen LogP contribution < -0.4 is 0 Å². The van der Waals surface area contributed by atoms with E-state index in [0.717, 1.165) is 19.3 Å². The summed E-state index contributed by atoms with van der Waals surface area (Å²) in [5, 5.41) is 10.2. The number of amides is 3. The molecule has 0 aromatic carbocycles. The second-order valence-corrected chi connectivity index (χ2v) is 11.3. The molecule has 0 radical (unpaired) electrons. The topological polar surface area (TPSA) is 90.4 Å². The Morgan fingerprint density at radius 2 is 1.81 bits per heavy atom. The van der Waals surface area contributed by atoms with E-state index < -0.39 is 35.6 Å². The van der Waals surface area contributed by atoms with Gasteiger partial charge in [0.2, 0.25) is 17.7 Å². The molecule has 0 saturated carbocycles. The van der Waals surface area contributed by atoms with Gasteiger partial charge in [-0.25, -0.2) is 0 Å². The lowest BCUT2D eigenvalue weighted by atomic mass is 9.70. The molecule has 0 aromatic heterocycles. The zero-order valence-corrected chi connectivity index (χ0v) is 23.5. The molecule has 7 atom stereocenters. The molecule has 3 aliphatic heterocycles. The molecule has 1 N–H and O–H groups in total. The van der Waals surface area contributed by atoms with Gasteiger partial charge in [0.15, 0.2) is 0 Å². The predicted octanol–water partition coefficient (Wildman–Crippen LogP) is 2.74. The molecule has 0 aromatic rings. The number of alkyl halides is 1. The van der Waals surface area contributed by atoms with Gasteiger partial charge < -0.3 is 24.5 Å². The summed E-state index contributed by atoms with van der Waals surface area (Å²) in [6.07, 6.45) is 6.36. The summed E-state index contributed by atoms with van der Waals surface area (Å²) in [5.41, 5.74) is -1.12. The molecular formula is C27H42BrN3O5. The summed E-state index contributed by atoms with van der Waals surface area (Å²) in [7, 11) is 0. The van der Waals surface area contributed by atoms with Crippen molar-refractivity contribution in [2.75, 3.05) is 32.8 Å². The molecule has 3 unspecified atom stereocenters. The first-order valence-corrected chi connectivity index (χ1v) is 14.2. The molecule has 3 rings (SSSR count). The number of carbonyl (C=O) groups excluding carboxylic acids is 3. The van der Waals surface area contributed by atoms with Crippen LogP contribution >= 0.6 is 15.9 Å². The lowest BCUT2D eigenvalue weighted by Crippen LogP contribution is -2.59. The number of aliphatic hydroxyl groups excluding tert-OH is 1. The van der Waals surface area contributed by atoms with Gasteiger partial charge in [0.1, 0.15) is 11.6 Å². The van der Waals surface area contributed by atoms with Gasteiger partial charge in [0.25, 0.3) is 0 Å². The van der Waals surface area contributed by atoms with Crippen molar-refractivity contribution < 1.29 is 24.2 Å². The van der Waals surface area contributed by atoms with Crippen molar-refractivity contribution in [3.05, 3.63) is 25.3 Å². The van der Waals surface area contributed by atoms with Gasteiger partial charge in [-0.3, -0.25) is 14.4 Å². The van der Waals surface area contributed by atoms with Crippen molar-refractivity contribution in [2.45, 2.75) is 81.5 Å². The van der Waals surface area contributed by atoms with Crippen molar-refractivity contribution in [1.82, 2.24) is 14.7 Å². The van der Waals surface area contributed by atoms with Crippen LogP contribution in [0.1, 0.15) is 52.9 Å². The smallest absolute Gasteiger partial charge is 0.248 e. The van der Waals surface area contributed by atoms with Crippen LogP contribution in [0.4, 0.5) is 0 Å². The van der Waals surface area contributed by atoms with Crippen molar-refractivity contribution in [3.63, 3.8) is 0 Å². The third-order valence-electron chi connectivity index (χ3n) is 7.92. The average molecular weight is 569 g/mol. The number of nitrogens with zero attached hydrogens (tertiary/aromatic N) is 3. The van der Waals surface area contributed by atoms with Crippen LogP contribution in [0.25, 0.3) is 0 Å². The third kappa shape index (κ3) is 4.78. The van der Waals surface area contributed by atoms with Crippen molar-refractivity contribution in [3.8, 4) is 0 Å². The van der Waals surface area contributed by atoms with Crippen LogP contribution in [0, 0.1) is 11.8 Å². The van der Waals surface area contributed by atoms with E-state index in [0.29, 0.717) is 39.0 Å². The Morgan fingerprint density at radius 1 is 1.17 bits per heavy atom. The number of hydrogen-bond acceptors (Lipinski definition) is 5. The maximum absolute atomic E-state index is 14.2. The van der Waals surface area contributed by atoms with E-state index in [2.05, 4.69) is 36.0 Å². The molecule has 0 aliphatic carbocycles. The minimum atomic E-state index is -1.12. The molecule has 3 fully saturated rings. The van der Waals surface area contributed by atoms with Crippen LogP contribution in [0.3, 0.4) is 0 Å². The Kier molecular flexibility index (Phi) is 9.80. The maximum atomic E-state index is 14.2. The predicted molar refractivity (Wildman–Crippen MR) is 142 cm³/mol. The summed E-state index contributed by atoms with van der Waals surface area (Å²) >= 11 is 3.72. The summed E-state index contributed by atoms with van der Waals surface area (Å²) in [6, 6.07) is -1.43. The fraction of sp³-hybridized carbons (Fsp3) is 0.741. The van der Waals surface area contributed by atoms with Gasteiger partial charge in [0.05, 0.1) is 30.6 Å². The molecule has 8 nitrogen and oxygen atoms in total. The van der Waals surface area contributed by atoms with E-state index >= 15 is 0 Å². The summed E-state index contributed by atoms with van der Waals surface area (Å²) in [5.74, 6) is -2.05. The molecule has 3 aliphatic rings. The maximum Gasteiger partial charge on any atom is 0.248 e. The Labute approximate surface area is 223 Å². The molecule has 36 heavy (non-hydrogen) atoms. The van der Waals surface area contributed by atoms with Crippen LogP contribution in [-0.2, 0) is 19.1 Å². The quantitative estimate of drug-likeness (QED) is 0.257. The molecule has 9 heteroatoms. The average Bonchev–Trinajstić information content (AvgIpc) is 3.45. The van der Waals surface area contributed by atoms with Gasteiger partial charge in [-0.15, -0.1) is 13.2 Å². The number of halogens is 1. The standard InChI is InChI=1S/C27H42BrN3O5/c1-6-11-15-30(14-9-4)26(35)23-27-16-19(28)22(36-27)20(24(33)29(12-7-2)13-8-3)21(27)25(34)31(23)18(10-5)17-32/h7,9,18-23,32H,2,4,6,8,10-17H2,1,3,5H3/t18-,19?,20+,21-,22+,23?,27?/m0/s1. The van der Waals surface area contributed by atoms with Crippen LogP contribution in [0.2, 0.25) is 0 Å². The van der Waals surface area contributed by atoms with Crippen molar-refractivity contribution in [1.29, 1.82) is 0 Å². The van der Waals surface area contributed by atoms with Crippen LogP contribution in [0.15, 0.2) is 25.3 Å². The zero-order valence-electron chi connectivity index (χ0n) is 21.9. The number of likely N-dealkylation sites (tertiary alicyclic amines) is 1. The molecule has 3 saturated heterocycles. The van der Waals surface area contributed by atoms with Gasteiger partial charge in [-0.1, -0.05) is 55.3 Å². The van der Waals surface area contributed by atoms with E-state index in [4.69, 9.17) is 4.74 Å². The second kappa shape index (κ2) is 12.2. The normalized spacial score (nSPS) is 31.3. The SMILES string of the molecule is C=CCN(CCCC)C(=O)C1N([C@@H](CC)CO)C(=O)[C@@H]2[C@@H](C(=O)N(CC=C)CCC)[C@@H]3OC12CC3Br. The van der Waals surface area contributed by atoms with Gasteiger partial charge >= 0.3 is 0 Å². The lowest BCUT2D eigenvalue weighted by molar-refractivity contribution is -0.151. The molecule has 3 heterocycles. The molecule has 202 valence electrons. The molecular weight excluding hydrogens is 526 g/mol. The Bertz CT molecular complexity index is 849.